The molecule has 1 saturated carbocycles. The van der Waals surface area contributed by atoms with Crippen molar-refractivity contribution in [1.82, 2.24) is 0 Å². The van der Waals surface area contributed by atoms with Gasteiger partial charge >= 0.3 is 7.12 Å². The van der Waals surface area contributed by atoms with Crippen molar-refractivity contribution in [2.45, 2.75) is 58.1 Å². The SMILES string of the molecule is C[C@H]1C[C@@H]1B1OC(C)(C)C(C)(C)O1. The Kier molecular flexibility index (Phi) is 1.84. The molecule has 1 heterocycles. The van der Waals surface area contributed by atoms with Crippen molar-refractivity contribution in [3.8, 4) is 0 Å². The third-order valence-electron chi connectivity index (χ3n) is 3.79. The molecule has 0 radical (unpaired) electrons. The van der Waals surface area contributed by atoms with Crippen molar-refractivity contribution in [3.05, 3.63) is 0 Å². The van der Waals surface area contributed by atoms with Gasteiger partial charge in [-0.25, -0.2) is 0 Å². The van der Waals surface area contributed by atoms with Crippen LogP contribution in [0.15, 0.2) is 0 Å². The van der Waals surface area contributed by atoms with Gasteiger partial charge in [-0.15, -0.1) is 0 Å². The molecule has 2 aliphatic rings. The highest BCUT2D eigenvalue weighted by Crippen LogP contribution is 2.52. The Labute approximate surface area is 81.1 Å². The molecule has 0 bridgehead atoms. The van der Waals surface area contributed by atoms with E-state index in [4.69, 9.17) is 9.31 Å². The summed E-state index contributed by atoms with van der Waals surface area (Å²) >= 11 is 0. The predicted molar refractivity (Wildman–Crippen MR) is 53.6 cm³/mol. The van der Waals surface area contributed by atoms with E-state index in [1.54, 1.807) is 0 Å². The molecule has 3 heteroatoms. The van der Waals surface area contributed by atoms with Crippen LogP contribution in [0.4, 0.5) is 0 Å². The van der Waals surface area contributed by atoms with E-state index in [1.807, 2.05) is 0 Å². The maximum Gasteiger partial charge on any atom is 0.461 e. The van der Waals surface area contributed by atoms with Gasteiger partial charge in [0, 0.05) is 0 Å². The standard InChI is InChI=1S/C10H19BO2/c1-7-6-8(7)11-12-9(2,3)10(4,5)13-11/h7-8H,6H2,1-5H3/t7-,8-/m0/s1. The summed E-state index contributed by atoms with van der Waals surface area (Å²) in [5, 5.41) is 0. The Hall–Kier alpha value is -0.0151. The Morgan fingerprint density at radius 1 is 1.08 bits per heavy atom. The monoisotopic (exact) mass is 182 g/mol. The van der Waals surface area contributed by atoms with Gasteiger partial charge in [-0.05, 0) is 45.9 Å². The molecular formula is C10H19BO2. The minimum atomic E-state index is -0.153. The van der Waals surface area contributed by atoms with E-state index in [9.17, 15) is 0 Å². The Morgan fingerprint density at radius 3 is 1.77 bits per heavy atom. The summed E-state index contributed by atoms with van der Waals surface area (Å²) in [4.78, 5) is 0. The fourth-order valence-corrected chi connectivity index (χ4v) is 1.79. The van der Waals surface area contributed by atoms with Crippen LogP contribution in [-0.2, 0) is 9.31 Å². The van der Waals surface area contributed by atoms with Gasteiger partial charge in [0.2, 0.25) is 0 Å². The zero-order chi connectivity index (χ0) is 9.85. The van der Waals surface area contributed by atoms with E-state index >= 15 is 0 Å². The molecule has 2 rings (SSSR count). The average Bonchev–Trinajstić information content (AvgIpc) is 2.58. The zero-order valence-electron chi connectivity index (χ0n) is 9.26. The summed E-state index contributed by atoms with van der Waals surface area (Å²) in [5.74, 6) is 1.43. The van der Waals surface area contributed by atoms with Crippen molar-refractivity contribution in [2.75, 3.05) is 0 Å². The maximum atomic E-state index is 5.94. The molecule has 0 unspecified atom stereocenters. The van der Waals surface area contributed by atoms with Gasteiger partial charge in [-0.1, -0.05) is 6.92 Å². The molecule has 2 atom stereocenters. The summed E-state index contributed by atoms with van der Waals surface area (Å²) in [5.41, 5.74) is -0.306. The lowest BCUT2D eigenvalue weighted by molar-refractivity contribution is 0.00578. The van der Waals surface area contributed by atoms with Crippen molar-refractivity contribution in [2.24, 2.45) is 5.92 Å². The van der Waals surface area contributed by atoms with Crippen LogP contribution in [-0.4, -0.2) is 18.3 Å². The van der Waals surface area contributed by atoms with Gasteiger partial charge in [0.05, 0.1) is 11.2 Å². The molecule has 0 spiro atoms. The topological polar surface area (TPSA) is 18.5 Å². The highest BCUT2D eigenvalue weighted by atomic mass is 16.7. The first-order valence-corrected chi connectivity index (χ1v) is 5.19. The third kappa shape index (κ3) is 1.42. The summed E-state index contributed by atoms with van der Waals surface area (Å²) in [6.07, 6.45) is 1.26. The highest BCUT2D eigenvalue weighted by Gasteiger charge is 2.58. The Morgan fingerprint density at radius 2 is 1.46 bits per heavy atom. The van der Waals surface area contributed by atoms with Crippen molar-refractivity contribution < 1.29 is 9.31 Å². The summed E-state index contributed by atoms with van der Waals surface area (Å²) in [6, 6.07) is 0. The lowest BCUT2D eigenvalue weighted by Crippen LogP contribution is -2.41. The zero-order valence-corrected chi connectivity index (χ0v) is 9.26. The van der Waals surface area contributed by atoms with Gasteiger partial charge in [0.1, 0.15) is 0 Å². The minimum absolute atomic E-state index is 0.0417. The molecule has 74 valence electrons. The van der Waals surface area contributed by atoms with Crippen LogP contribution in [0.2, 0.25) is 5.82 Å². The summed E-state index contributed by atoms with van der Waals surface area (Å²) in [6.45, 7) is 10.7. The smallest absolute Gasteiger partial charge is 0.403 e. The lowest BCUT2D eigenvalue weighted by Gasteiger charge is -2.32. The van der Waals surface area contributed by atoms with Crippen LogP contribution >= 0.6 is 0 Å². The van der Waals surface area contributed by atoms with E-state index in [1.165, 1.54) is 6.42 Å². The fraction of sp³-hybridized carbons (Fsp3) is 1.00. The van der Waals surface area contributed by atoms with Crippen molar-refractivity contribution >= 4 is 7.12 Å². The first-order chi connectivity index (χ1) is 5.83. The molecule has 0 aromatic heterocycles. The molecule has 0 N–H and O–H groups in total. The minimum Gasteiger partial charge on any atom is -0.403 e. The maximum absolute atomic E-state index is 5.94. The van der Waals surface area contributed by atoms with Crippen LogP contribution in [0.25, 0.3) is 0 Å². The van der Waals surface area contributed by atoms with Crippen LogP contribution < -0.4 is 0 Å². The lowest BCUT2D eigenvalue weighted by atomic mass is 9.81. The van der Waals surface area contributed by atoms with Crippen LogP contribution in [0.3, 0.4) is 0 Å². The molecule has 0 aromatic rings. The quantitative estimate of drug-likeness (QED) is 0.580. The molecule has 0 amide bonds. The fourth-order valence-electron chi connectivity index (χ4n) is 1.79. The van der Waals surface area contributed by atoms with E-state index in [-0.39, 0.29) is 18.3 Å². The highest BCUT2D eigenvalue weighted by molar-refractivity contribution is 6.48. The number of hydrogen-bond acceptors (Lipinski definition) is 2. The average molecular weight is 182 g/mol. The van der Waals surface area contributed by atoms with Gasteiger partial charge in [0.15, 0.2) is 0 Å². The largest absolute Gasteiger partial charge is 0.461 e. The molecule has 13 heavy (non-hydrogen) atoms. The second-order valence-corrected chi connectivity index (χ2v) is 5.50. The van der Waals surface area contributed by atoms with Gasteiger partial charge < -0.3 is 9.31 Å². The molecule has 2 nitrogen and oxygen atoms in total. The van der Waals surface area contributed by atoms with Gasteiger partial charge in [0.25, 0.3) is 0 Å². The molecule has 1 aliphatic carbocycles. The second-order valence-electron chi connectivity index (χ2n) is 5.50. The van der Waals surface area contributed by atoms with Crippen LogP contribution in [0.1, 0.15) is 41.0 Å². The molecule has 1 saturated heterocycles. The molecular weight excluding hydrogens is 163 g/mol. The van der Waals surface area contributed by atoms with Crippen molar-refractivity contribution in [3.63, 3.8) is 0 Å². The van der Waals surface area contributed by atoms with E-state index in [0.29, 0.717) is 5.82 Å². The Balaban J connectivity index is 2.07. The first-order valence-electron chi connectivity index (χ1n) is 5.19. The van der Waals surface area contributed by atoms with E-state index < -0.39 is 0 Å². The molecule has 0 aromatic carbocycles. The van der Waals surface area contributed by atoms with Crippen molar-refractivity contribution in [1.29, 1.82) is 0 Å². The first kappa shape index (κ1) is 9.54. The summed E-state index contributed by atoms with van der Waals surface area (Å²) < 4.78 is 11.9. The van der Waals surface area contributed by atoms with E-state index in [2.05, 4.69) is 34.6 Å². The third-order valence-corrected chi connectivity index (χ3v) is 3.79. The van der Waals surface area contributed by atoms with E-state index in [0.717, 1.165) is 5.92 Å². The molecule has 1 aliphatic heterocycles. The predicted octanol–water partition coefficient (Wildman–Crippen LogP) is 2.49. The second kappa shape index (κ2) is 2.51. The van der Waals surface area contributed by atoms with Gasteiger partial charge in [-0.2, -0.15) is 0 Å². The van der Waals surface area contributed by atoms with Crippen LogP contribution in [0, 0.1) is 5.92 Å². The van der Waals surface area contributed by atoms with Gasteiger partial charge in [-0.3, -0.25) is 0 Å². The summed E-state index contributed by atoms with van der Waals surface area (Å²) in [7, 11) is 0.0417. The van der Waals surface area contributed by atoms with Crippen LogP contribution in [0.5, 0.6) is 0 Å². The molecule has 2 fully saturated rings. The Bertz CT molecular complexity index is 209. The normalized spacial score (nSPS) is 40.8. The number of hydrogen-bond donors (Lipinski definition) is 0. The number of rotatable bonds is 1.